The molecule has 1 aliphatic heterocycles. The summed E-state index contributed by atoms with van der Waals surface area (Å²) in [5.41, 5.74) is 3.72. The van der Waals surface area contributed by atoms with Crippen LogP contribution in [0.25, 0.3) is 33.4 Å². The minimum Gasteiger partial charge on any atom is -0.507 e. The van der Waals surface area contributed by atoms with Crippen LogP contribution in [0.1, 0.15) is 6.42 Å². The van der Waals surface area contributed by atoms with E-state index in [0.29, 0.717) is 23.2 Å². The van der Waals surface area contributed by atoms with Crippen LogP contribution in [0.3, 0.4) is 0 Å². The van der Waals surface area contributed by atoms with Gasteiger partial charge in [-0.25, -0.2) is 9.97 Å². The lowest BCUT2D eigenvalue weighted by atomic mass is 10.0. The topological polar surface area (TPSA) is 105 Å². The Morgan fingerprint density at radius 1 is 1.03 bits per heavy atom. The first-order valence-electron chi connectivity index (χ1n) is 9.86. The fourth-order valence-electron chi connectivity index (χ4n) is 3.84. The van der Waals surface area contributed by atoms with Crippen LogP contribution in [0.2, 0.25) is 0 Å². The molecule has 32 heavy (non-hydrogen) atoms. The lowest BCUT2D eigenvalue weighted by Gasteiger charge is -2.15. The monoisotopic (exact) mass is 474 g/mol. The smallest absolute Gasteiger partial charge is 0.245 e. The van der Waals surface area contributed by atoms with Crippen molar-refractivity contribution in [3.63, 3.8) is 0 Å². The normalized spacial score (nSPS) is 15.4. The molecule has 5 rings (SSSR count). The van der Waals surface area contributed by atoms with Gasteiger partial charge in [-0.1, -0.05) is 6.07 Å². The van der Waals surface area contributed by atoms with Crippen LogP contribution >= 0.6 is 24.8 Å². The predicted octanol–water partition coefficient (Wildman–Crippen LogP) is 2.83. The predicted molar refractivity (Wildman–Crippen MR) is 129 cm³/mol. The van der Waals surface area contributed by atoms with E-state index in [1.165, 1.54) is 0 Å². The lowest BCUT2D eigenvalue weighted by Crippen LogP contribution is -2.30. The number of rotatable bonds is 4. The van der Waals surface area contributed by atoms with E-state index in [-0.39, 0.29) is 30.6 Å². The van der Waals surface area contributed by atoms with E-state index in [4.69, 9.17) is 0 Å². The number of hydrogen-bond acceptors (Lipinski definition) is 8. The number of hydrogen-bond donors (Lipinski definition) is 2. The summed E-state index contributed by atoms with van der Waals surface area (Å²) in [6, 6.07) is 7.93. The number of aryl methyl sites for hydroxylation is 1. The Bertz CT molecular complexity index is 1210. The number of phenols is 1. The fourth-order valence-corrected chi connectivity index (χ4v) is 3.84. The highest BCUT2D eigenvalue weighted by molar-refractivity contribution is 5.85. The first-order chi connectivity index (χ1) is 14.6. The lowest BCUT2D eigenvalue weighted by molar-refractivity contribution is 0.477. The Morgan fingerprint density at radius 2 is 1.88 bits per heavy atom. The van der Waals surface area contributed by atoms with Gasteiger partial charge in [-0.2, -0.15) is 5.10 Å². The van der Waals surface area contributed by atoms with Gasteiger partial charge < -0.3 is 15.3 Å². The quantitative estimate of drug-likeness (QED) is 0.465. The average molecular weight is 475 g/mol. The van der Waals surface area contributed by atoms with Gasteiger partial charge in [0.25, 0.3) is 0 Å². The molecule has 1 aliphatic rings. The van der Waals surface area contributed by atoms with Crippen molar-refractivity contribution in [3.8, 4) is 28.1 Å². The van der Waals surface area contributed by atoms with E-state index in [1.54, 1.807) is 29.3 Å². The zero-order valence-corrected chi connectivity index (χ0v) is 19.3. The Kier molecular flexibility index (Phi) is 7.12. The Morgan fingerprint density at radius 3 is 2.56 bits per heavy atom. The number of phenolic OH excluding ortho intramolecular Hbond substituents is 1. The van der Waals surface area contributed by atoms with Gasteiger partial charge in [-0.15, -0.1) is 35.0 Å². The highest BCUT2D eigenvalue weighted by Gasteiger charge is 2.23. The molecule has 3 aromatic heterocycles. The summed E-state index contributed by atoms with van der Waals surface area (Å²) in [4.78, 5) is 11.0. The Labute approximate surface area is 197 Å². The van der Waals surface area contributed by atoms with Gasteiger partial charge >= 0.3 is 0 Å². The number of pyridine rings is 1. The number of benzene rings is 1. The summed E-state index contributed by atoms with van der Waals surface area (Å²) in [5.74, 6) is 0.738. The SMILES string of the molecule is CNC1CCN(c2ncc(-c3ccc(-c4cnc5c(cnn5C)c4)cc3O)nn2)C1.Cl.Cl. The molecule has 0 aliphatic carbocycles. The van der Waals surface area contributed by atoms with Gasteiger partial charge in [0.15, 0.2) is 5.65 Å². The van der Waals surface area contributed by atoms with Crippen molar-refractivity contribution in [2.24, 2.45) is 7.05 Å². The van der Waals surface area contributed by atoms with Gasteiger partial charge in [0.1, 0.15) is 11.4 Å². The molecule has 0 amide bonds. The van der Waals surface area contributed by atoms with Crippen LogP contribution in [0.4, 0.5) is 5.95 Å². The highest BCUT2D eigenvalue weighted by atomic mass is 35.5. The molecule has 1 saturated heterocycles. The number of aromatic hydroxyl groups is 1. The van der Waals surface area contributed by atoms with E-state index in [1.807, 2.05) is 32.3 Å². The Hall–Kier alpha value is -3.01. The largest absolute Gasteiger partial charge is 0.507 e. The van der Waals surface area contributed by atoms with Gasteiger partial charge in [0.2, 0.25) is 5.95 Å². The molecule has 0 radical (unpaired) electrons. The molecule has 1 unspecified atom stereocenters. The molecular formula is C21H24Cl2N8O. The number of likely N-dealkylation sites (N-methyl/N-ethyl adjacent to an activating group) is 1. The molecule has 4 aromatic rings. The maximum absolute atomic E-state index is 10.6. The van der Waals surface area contributed by atoms with E-state index < -0.39 is 0 Å². The van der Waals surface area contributed by atoms with E-state index >= 15 is 0 Å². The minimum atomic E-state index is 0. The van der Waals surface area contributed by atoms with Crippen LogP contribution in [0, 0.1) is 0 Å². The van der Waals surface area contributed by atoms with Gasteiger partial charge in [-0.05, 0) is 37.2 Å². The van der Waals surface area contributed by atoms with E-state index in [2.05, 4.69) is 35.5 Å². The summed E-state index contributed by atoms with van der Waals surface area (Å²) in [7, 11) is 3.83. The molecule has 11 heteroatoms. The number of halogens is 2. The van der Waals surface area contributed by atoms with Gasteiger partial charge in [-0.3, -0.25) is 4.68 Å². The summed E-state index contributed by atoms with van der Waals surface area (Å²) in [6.07, 6.45) is 6.28. The van der Waals surface area contributed by atoms with Crippen molar-refractivity contribution < 1.29 is 5.11 Å². The second-order valence-electron chi connectivity index (χ2n) is 7.50. The van der Waals surface area contributed by atoms with Crippen molar-refractivity contribution in [3.05, 3.63) is 42.9 Å². The number of nitrogens with zero attached hydrogens (tertiary/aromatic N) is 7. The van der Waals surface area contributed by atoms with Crippen molar-refractivity contribution >= 4 is 41.8 Å². The highest BCUT2D eigenvalue weighted by Crippen LogP contribution is 2.33. The fraction of sp³-hybridized carbons (Fsp3) is 0.286. The van der Waals surface area contributed by atoms with E-state index in [0.717, 1.165) is 41.7 Å². The molecule has 0 spiro atoms. The van der Waals surface area contributed by atoms with Crippen molar-refractivity contribution in [1.82, 2.24) is 35.3 Å². The number of nitrogens with one attached hydrogen (secondary N) is 1. The standard InChI is InChI=1S/C21H22N8O.2ClH/c1-22-16-5-6-29(12-16)21-24-11-18(26-27-21)17-4-3-13(8-19(17)30)14-7-15-10-25-28(2)20(15)23-9-14;;/h3-4,7-11,16,22,30H,5-6,12H2,1-2H3;2*1H. The first-order valence-corrected chi connectivity index (χ1v) is 9.86. The molecule has 4 heterocycles. The molecule has 1 aromatic carbocycles. The molecule has 0 bridgehead atoms. The number of anilines is 1. The van der Waals surface area contributed by atoms with Gasteiger partial charge in [0, 0.05) is 48.9 Å². The summed E-state index contributed by atoms with van der Waals surface area (Å²) < 4.78 is 1.73. The second kappa shape index (κ2) is 9.64. The summed E-state index contributed by atoms with van der Waals surface area (Å²) >= 11 is 0. The third-order valence-corrected chi connectivity index (χ3v) is 5.61. The molecular weight excluding hydrogens is 451 g/mol. The molecule has 1 fully saturated rings. The number of aromatic nitrogens is 6. The molecule has 9 nitrogen and oxygen atoms in total. The second-order valence-corrected chi connectivity index (χ2v) is 7.50. The maximum Gasteiger partial charge on any atom is 0.245 e. The van der Waals surface area contributed by atoms with Crippen LogP contribution < -0.4 is 10.2 Å². The van der Waals surface area contributed by atoms with Crippen LogP contribution in [-0.2, 0) is 7.05 Å². The van der Waals surface area contributed by atoms with E-state index in [9.17, 15) is 5.11 Å². The Balaban J connectivity index is 0.00000144. The molecule has 1 atom stereocenters. The van der Waals surface area contributed by atoms with Crippen LogP contribution in [0.15, 0.2) is 42.9 Å². The van der Waals surface area contributed by atoms with Crippen LogP contribution in [-0.4, -0.2) is 61.2 Å². The molecule has 0 saturated carbocycles. The molecule has 168 valence electrons. The number of fused-ring (bicyclic) bond motifs is 1. The molecule has 2 N–H and O–H groups in total. The van der Waals surface area contributed by atoms with Gasteiger partial charge in [0.05, 0.1) is 12.4 Å². The maximum atomic E-state index is 10.6. The third-order valence-electron chi connectivity index (χ3n) is 5.61. The summed E-state index contributed by atoms with van der Waals surface area (Å²) in [5, 5.41) is 27.6. The van der Waals surface area contributed by atoms with Crippen molar-refractivity contribution in [2.75, 3.05) is 25.0 Å². The first kappa shape index (κ1) is 23.6. The van der Waals surface area contributed by atoms with Crippen molar-refractivity contribution in [2.45, 2.75) is 12.5 Å². The third kappa shape index (κ3) is 4.32. The van der Waals surface area contributed by atoms with Crippen LogP contribution in [0.5, 0.6) is 5.75 Å². The average Bonchev–Trinajstić information content (AvgIpc) is 3.40. The zero-order valence-electron chi connectivity index (χ0n) is 17.6. The van der Waals surface area contributed by atoms with Crippen molar-refractivity contribution in [1.29, 1.82) is 0 Å². The zero-order chi connectivity index (χ0) is 20.7. The summed E-state index contributed by atoms with van der Waals surface area (Å²) in [6.45, 7) is 1.77. The minimum absolute atomic E-state index is 0.